The van der Waals surface area contributed by atoms with Gasteiger partial charge >= 0.3 is 0 Å². The Bertz CT molecular complexity index is 701. The van der Waals surface area contributed by atoms with Gasteiger partial charge in [0.25, 0.3) is 5.69 Å². The van der Waals surface area contributed by atoms with E-state index in [1.807, 2.05) is 6.20 Å². The molecule has 26 heavy (non-hydrogen) atoms. The first-order valence-electron chi connectivity index (χ1n) is 9.19. The fraction of sp³-hybridized carbons (Fsp3) is 0.526. The number of carbonyl (C=O) groups excluding carboxylic acids is 1. The van der Waals surface area contributed by atoms with Gasteiger partial charge in [-0.25, -0.2) is 0 Å². The highest BCUT2D eigenvalue weighted by Crippen LogP contribution is 2.26. The van der Waals surface area contributed by atoms with Crippen LogP contribution >= 0.6 is 11.6 Å². The smallest absolute Gasteiger partial charge is 0.288 e. The van der Waals surface area contributed by atoms with Gasteiger partial charge in [-0.15, -0.1) is 0 Å². The van der Waals surface area contributed by atoms with Crippen molar-refractivity contribution in [2.24, 2.45) is 0 Å². The second kappa shape index (κ2) is 8.64. The molecule has 2 aliphatic rings. The van der Waals surface area contributed by atoms with Crippen molar-refractivity contribution < 1.29 is 9.72 Å². The van der Waals surface area contributed by atoms with Gasteiger partial charge in [-0.3, -0.25) is 14.9 Å². The predicted octanol–water partition coefficient (Wildman–Crippen LogP) is 3.89. The van der Waals surface area contributed by atoms with Crippen LogP contribution in [-0.4, -0.2) is 52.7 Å². The molecule has 0 spiro atoms. The molecule has 0 amide bonds. The number of halogens is 1. The van der Waals surface area contributed by atoms with E-state index in [9.17, 15) is 14.9 Å². The Hall–Kier alpha value is -1.92. The number of nitro benzene ring substituents is 1. The molecule has 1 aromatic carbocycles. The van der Waals surface area contributed by atoms with Gasteiger partial charge in [0.2, 0.25) is 0 Å². The standard InChI is InChI=1S/C19H24ClN3O3/c20-17-7-6-15(13-18(17)23(25)26)19(24)8-12-22-11-4-5-16(22)14-21-9-2-1-3-10-21/h6-8,12-13,16H,1-5,9-11,14H2/b12-8+/t16-/m0/s1. The van der Waals surface area contributed by atoms with Gasteiger partial charge in [-0.05, 0) is 50.9 Å². The highest BCUT2D eigenvalue weighted by atomic mass is 35.5. The molecular weight excluding hydrogens is 354 g/mol. The lowest BCUT2D eigenvalue weighted by Crippen LogP contribution is -2.40. The Morgan fingerprint density at radius 2 is 2.00 bits per heavy atom. The molecule has 2 aliphatic heterocycles. The lowest BCUT2D eigenvalue weighted by molar-refractivity contribution is -0.384. The molecule has 2 fully saturated rings. The Morgan fingerprint density at radius 1 is 1.23 bits per heavy atom. The molecule has 1 aromatic rings. The summed E-state index contributed by atoms with van der Waals surface area (Å²) in [5, 5.41) is 11.0. The predicted molar refractivity (Wildman–Crippen MR) is 102 cm³/mol. The number of nitro groups is 1. The fourth-order valence-electron chi connectivity index (χ4n) is 3.76. The summed E-state index contributed by atoms with van der Waals surface area (Å²) in [5.74, 6) is -0.242. The van der Waals surface area contributed by atoms with Gasteiger partial charge in [0, 0.05) is 43.0 Å². The zero-order chi connectivity index (χ0) is 18.5. The van der Waals surface area contributed by atoms with Crippen molar-refractivity contribution >= 4 is 23.1 Å². The Kier molecular flexibility index (Phi) is 6.27. The molecule has 0 unspecified atom stereocenters. The molecule has 0 bridgehead atoms. The highest BCUT2D eigenvalue weighted by Gasteiger charge is 2.25. The maximum Gasteiger partial charge on any atom is 0.288 e. The van der Waals surface area contributed by atoms with Crippen LogP contribution in [0.25, 0.3) is 0 Å². The summed E-state index contributed by atoms with van der Waals surface area (Å²) in [4.78, 5) is 27.5. The molecule has 0 radical (unpaired) electrons. The maximum absolute atomic E-state index is 12.4. The number of nitrogens with zero attached hydrogens (tertiary/aromatic N) is 3. The Labute approximate surface area is 158 Å². The van der Waals surface area contributed by atoms with Crippen molar-refractivity contribution in [1.82, 2.24) is 9.80 Å². The molecular formula is C19H24ClN3O3. The Morgan fingerprint density at radius 3 is 2.73 bits per heavy atom. The third kappa shape index (κ3) is 4.62. The molecule has 0 aliphatic carbocycles. The number of likely N-dealkylation sites (tertiary alicyclic amines) is 2. The van der Waals surface area contributed by atoms with E-state index >= 15 is 0 Å². The van der Waals surface area contributed by atoms with E-state index in [0.717, 1.165) is 25.9 Å². The molecule has 0 N–H and O–H groups in total. The van der Waals surface area contributed by atoms with Crippen molar-refractivity contribution in [1.29, 1.82) is 0 Å². The van der Waals surface area contributed by atoms with E-state index in [1.54, 1.807) is 0 Å². The lowest BCUT2D eigenvalue weighted by Gasteiger charge is -2.32. The normalized spacial score (nSPS) is 21.4. The van der Waals surface area contributed by atoms with E-state index in [2.05, 4.69) is 9.80 Å². The van der Waals surface area contributed by atoms with E-state index in [0.29, 0.717) is 6.04 Å². The first kappa shape index (κ1) is 18.9. The summed E-state index contributed by atoms with van der Waals surface area (Å²) in [5.41, 5.74) is 0.0409. The summed E-state index contributed by atoms with van der Waals surface area (Å²) in [7, 11) is 0. The Balaban J connectivity index is 1.63. The minimum atomic E-state index is -0.571. The third-order valence-electron chi connectivity index (χ3n) is 5.19. The van der Waals surface area contributed by atoms with Gasteiger partial charge in [0.1, 0.15) is 5.02 Å². The van der Waals surface area contributed by atoms with Crippen LogP contribution in [0.2, 0.25) is 5.02 Å². The second-order valence-corrected chi connectivity index (χ2v) is 7.41. The van der Waals surface area contributed by atoms with Gasteiger partial charge in [0.15, 0.2) is 5.78 Å². The number of allylic oxidation sites excluding steroid dienone is 1. The van der Waals surface area contributed by atoms with Crippen molar-refractivity contribution in [3.63, 3.8) is 0 Å². The van der Waals surface area contributed by atoms with Crippen LogP contribution in [0.4, 0.5) is 5.69 Å². The van der Waals surface area contributed by atoms with Gasteiger partial charge in [0.05, 0.1) is 4.92 Å². The molecule has 140 valence electrons. The molecule has 0 aromatic heterocycles. The van der Waals surface area contributed by atoms with E-state index < -0.39 is 4.92 Å². The number of rotatable bonds is 6. The van der Waals surface area contributed by atoms with Gasteiger partial charge in [-0.2, -0.15) is 0 Å². The summed E-state index contributed by atoms with van der Waals surface area (Å²) < 4.78 is 0. The van der Waals surface area contributed by atoms with Crippen LogP contribution in [0.1, 0.15) is 42.5 Å². The second-order valence-electron chi connectivity index (χ2n) is 7.00. The van der Waals surface area contributed by atoms with Crippen LogP contribution in [-0.2, 0) is 0 Å². The van der Waals surface area contributed by atoms with Gasteiger partial charge < -0.3 is 9.80 Å². The molecule has 6 nitrogen and oxygen atoms in total. The zero-order valence-corrected chi connectivity index (χ0v) is 15.5. The fourth-order valence-corrected chi connectivity index (χ4v) is 3.94. The average Bonchev–Trinajstić information content (AvgIpc) is 3.07. The van der Waals surface area contributed by atoms with E-state index in [-0.39, 0.29) is 22.1 Å². The summed E-state index contributed by atoms with van der Waals surface area (Å²) >= 11 is 5.80. The largest absolute Gasteiger partial charge is 0.373 e. The molecule has 7 heteroatoms. The number of hydrogen-bond acceptors (Lipinski definition) is 5. The summed E-state index contributed by atoms with van der Waals surface area (Å²) in [6, 6.07) is 4.61. The summed E-state index contributed by atoms with van der Waals surface area (Å²) in [6.45, 7) is 4.33. The van der Waals surface area contributed by atoms with Crippen LogP contribution in [0.5, 0.6) is 0 Å². The van der Waals surface area contributed by atoms with Crippen LogP contribution in [0.15, 0.2) is 30.5 Å². The van der Waals surface area contributed by atoms with Crippen molar-refractivity contribution in [2.45, 2.75) is 38.1 Å². The van der Waals surface area contributed by atoms with Crippen molar-refractivity contribution in [3.05, 3.63) is 51.2 Å². The monoisotopic (exact) mass is 377 g/mol. The highest BCUT2D eigenvalue weighted by molar-refractivity contribution is 6.32. The minimum absolute atomic E-state index is 0.0386. The molecule has 0 saturated carbocycles. The minimum Gasteiger partial charge on any atom is -0.373 e. The SMILES string of the molecule is O=C(/C=C/N1CCC[C@H]1CN1CCCCC1)c1ccc(Cl)c([N+](=O)[O-])c1. The van der Waals surface area contributed by atoms with E-state index in [4.69, 9.17) is 11.6 Å². The third-order valence-corrected chi connectivity index (χ3v) is 5.50. The number of carbonyl (C=O) groups is 1. The number of hydrogen-bond donors (Lipinski definition) is 0. The quantitative estimate of drug-likeness (QED) is 0.325. The first-order valence-corrected chi connectivity index (χ1v) is 9.57. The number of piperidine rings is 1. The molecule has 2 saturated heterocycles. The first-order chi connectivity index (χ1) is 12.5. The molecule has 3 rings (SSSR count). The molecule has 2 heterocycles. The van der Waals surface area contributed by atoms with Crippen molar-refractivity contribution in [3.8, 4) is 0 Å². The van der Waals surface area contributed by atoms with Crippen LogP contribution in [0, 0.1) is 10.1 Å². The lowest BCUT2D eigenvalue weighted by atomic mass is 10.1. The zero-order valence-electron chi connectivity index (χ0n) is 14.8. The summed E-state index contributed by atoms with van der Waals surface area (Å²) in [6.07, 6.45) is 9.51. The average molecular weight is 378 g/mol. The number of benzene rings is 1. The maximum atomic E-state index is 12.4. The number of ketones is 1. The van der Waals surface area contributed by atoms with Crippen molar-refractivity contribution in [2.75, 3.05) is 26.2 Å². The van der Waals surface area contributed by atoms with Crippen LogP contribution < -0.4 is 0 Å². The van der Waals surface area contributed by atoms with Crippen LogP contribution in [0.3, 0.4) is 0 Å². The van der Waals surface area contributed by atoms with Gasteiger partial charge in [-0.1, -0.05) is 18.0 Å². The molecule has 1 atom stereocenters. The topological polar surface area (TPSA) is 66.7 Å². The van der Waals surface area contributed by atoms with E-state index in [1.165, 1.54) is 56.6 Å².